The van der Waals surface area contributed by atoms with Crippen molar-refractivity contribution in [3.8, 4) is 0 Å². The third-order valence-corrected chi connectivity index (χ3v) is 3.23. The molecular weight excluding hydrogens is 186 g/mol. The van der Waals surface area contributed by atoms with E-state index in [1.54, 1.807) is 0 Å². The van der Waals surface area contributed by atoms with Crippen molar-refractivity contribution in [2.24, 2.45) is 0 Å². The molecule has 0 saturated carbocycles. The Morgan fingerprint density at radius 3 is 2.62 bits per heavy atom. The van der Waals surface area contributed by atoms with E-state index in [4.69, 9.17) is 0 Å². The monoisotopic (exact) mass is 201 g/mol. The van der Waals surface area contributed by atoms with Gasteiger partial charge in [0.15, 0.2) is 0 Å². The van der Waals surface area contributed by atoms with Crippen LogP contribution in [0.3, 0.4) is 0 Å². The van der Waals surface area contributed by atoms with Crippen LogP contribution in [0.5, 0.6) is 0 Å². The maximum atomic E-state index is 11.1. The van der Waals surface area contributed by atoms with Gasteiger partial charge in [0, 0.05) is 12.1 Å². The summed E-state index contributed by atoms with van der Waals surface area (Å²) in [5.41, 5.74) is 0.0803. The van der Waals surface area contributed by atoms with Crippen LogP contribution in [-0.4, -0.2) is 29.5 Å². The van der Waals surface area contributed by atoms with E-state index in [9.17, 15) is 4.79 Å². The van der Waals surface area contributed by atoms with Crippen LogP contribution in [0.2, 0.25) is 0 Å². The number of methoxy groups -OCH3 is 1. The quantitative estimate of drug-likeness (QED) is 0.478. The fourth-order valence-corrected chi connectivity index (χ4v) is 1.96. The molecule has 0 aromatic carbocycles. The summed E-state index contributed by atoms with van der Waals surface area (Å²) in [6.45, 7) is 7.16. The highest BCUT2D eigenvalue weighted by Crippen LogP contribution is 2.34. The Balaban J connectivity index is 2.57. The molecule has 0 atom stereocenters. The largest absolute Gasteiger partial charge is 0.465 e. The van der Waals surface area contributed by atoms with Crippen LogP contribution in [-0.2, 0) is 9.53 Å². The van der Waals surface area contributed by atoms with Crippen molar-refractivity contribution >= 4 is 17.9 Å². The maximum absolute atomic E-state index is 11.1. The van der Waals surface area contributed by atoms with Crippen molar-refractivity contribution in [3.63, 3.8) is 0 Å². The lowest BCUT2D eigenvalue weighted by Gasteiger charge is -2.29. The van der Waals surface area contributed by atoms with Gasteiger partial charge in [0.05, 0.1) is 7.11 Å². The van der Waals surface area contributed by atoms with E-state index in [2.05, 4.69) is 29.8 Å². The van der Waals surface area contributed by atoms with E-state index >= 15 is 0 Å². The van der Waals surface area contributed by atoms with Crippen LogP contribution in [0, 0.1) is 0 Å². The number of ether oxygens (including phenoxy) is 1. The smallest absolute Gasteiger partial charge is 0.345 e. The minimum atomic E-state index is -0.239. The van der Waals surface area contributed by atoms with Crippen LogP contribution in [0.4, 0.5) is 0 Å². The van der Waals surface area contributed by atoms with Crippen LogP contribution < -0.4 is 0 Å². The molecule has 0 aliphatic carbocycles. The van der Waals surface area contributed by atoms with Crippen molar-refractivity contribution in [3.05, 3.63) is 11.0 Å². The van der Waals surface area contributed by atoms with Crippen molar-refractivity contribution in [1.82, 2.24) is 4.31 Å². The van der Waals surface area contributed by atoms with E-state index in [0.717, 1.165) is 6.54 Å². The summed E-state index contributed by atoms with van der Waals surface area (Å²) in [5.74, 6) is -0.239. The molecular formula is C9H15NO2S. The molecule has 1 heterocycles. The number of hydrogen-bond acceptors (Lipinski definition) is 4. The molecule has 0 spiro atoms. The summed E-state index contributed by atoms with van der Waals surface area (Å²) >= 11 is 1.47. The molecule has 0 fully saturated rings. The van der Waals surface area contributed by atoms with Gasteiger partial charge in [-0.15, -0.1) is 0 Å². The Labute approximate surface area is 83.3 Å². The molecule has 0 amide bonds. The minimum absolute atomic E-state index is 0.0803. The number of nitrogens with zero attached hydrogens (tertiary/aromatic N) is 1. The summed E-state index contributed by atoms with van der Waals surface area (Å²) in [7, 11) is 1.41. The molecule has 0 aromatic heterocycles. The zero-order valence-corrected chi connectivity index (χ0v) is 9.27. The average molecular weight is 201 g/mol. The molecule has 4 heteroatoms. The van der Waals surface area contributed by atoms with Crippen LogP contribution in [0.25, 0.3) is 0 Å². The van der Waals surface area contributed by atoms with E-state index in [1.165, 1.54) is 19.1 Å². The second-order valence-electron chi connectivity index (χ2n) is 3.88. The summed E-state index contributed by atoms with van der Waals surface area (Å²) in [4.78, 5) is 11.8. The second kappa shape index (κ2) is 3.72. The Kier molecular flexibility index (Phi) is 3.03. The minimum Gasteiger partial charge on any atom is -0.465 e. The lowest BCUT2D eigenvalue weighted by molar-refractivity contribution is -0.135. The normalized spacial score (nSPS) is 18.6. The van der Waals surface area contributed by atoms with Gasteiger partial charge >= 0.3 is 5.97 Å². The Morgan fingerprint density at radius 1 is 1.62 bits per heavy atom. The number of carbonyl (C=O) groups excluding carboxylic acids is 1. The van der Waals surface area contributed by atoms with Gasteiger partial charge in [-0.2, -0.15) is 0 Å². The highest BCUT2D eigenvalue weighted by molar-refractivity contribution is 8.02. The van der Waals surface area contributed by atoms with Gasteiger partial charge in [0.2, 0.25) is 0 Å². The number of rotatable bonds is 1. The molecule has 0 radical (unpaired) electrons. The Morgan fingerprint density at radius 2 is 2.23 bits per heavy atom. The van der Waals surface area contributed by atoms with Crippen LogP contribution in [0.1, 0.15) is 20.8 Å². The predicted molar refractivity (Wildman–Crippen MR) is 54.1 cm³/mol. The fraction of sp³-hybridized carbons (Fsp3) is 0.667. The molecule has 3 nitrogen and oxygen atoms in total. The summed E-state index contributed by atoms with van der Waals surface area (Å²) in [6, 6.07) is 0. The zero-order valence-electron chi connectivity index (χ0n) is 8.46. The van der Waals surface area contributed by atoms with Crippen molar-refractivity contribution in [2.75, 3.05) is 13.7 Å². The van der Waals surface area contributed by atoms with Gasteiger partial charge in [-0.3, -0.25) is 0 Å². The summed E-state index contributed by atoms with van der Waals surface area (Å²) in [5, 5.41) is 0. The van der Waals surface area contributed by atoms with Gasteiger partial charge < -0.3 is 4.74 Å². The molecule has 0 saturated heterocycles. The first-order chi connectivity index (χ1) is 5.95. The van der Waals surface area contributed by atoms with Gasteiger partial charge in [-0.05, 0) is 38.8 Å². The van der Waals surface area contributed by atoms with E-state index in [1.807, 2.05) is 6.08 Å². The number of hydrogen-bond donors (Lipinski definition) is 0. The summed E-state index contributed by atoms with van der Waals surface area (Å²) < 4.78 is 6.79. The van der Waals surface area contributed by atoms with Crippen LogP contribution >= 0.6 is 11.9 Å². The van der Waals surface area contributed by atoms with Crippen molar-refractivity contribution < 1.29 is 9.53 Å². The molecule has 0 N–H and O–H groups in total. The highest BCUT2D eigenvalue weighted by Gasteiger charge is 2.29. The van der Waals surface area contributed by atoms with Gasteiger partial charge in [0.25, 0.3) is 0 Å². The molecule has 0 bridgehead atoms. The van der Waals surface area contributed by atoms with Gasteiger partial charge in [-0.25, -0.2) is 9.10 Å². The number of esters is 1. The second-order valence-corrected chi connectivity index (χ2v) is 4.95. The van der Waals surface area contributed by atoms with Gasteiger partial charge in [-0.1, -0.05) is 0 Å². The highest BCUT2D eigenvalue weighted by atomic mass is 32.2. The van der Waals surface area contributed by atoms with E-state index < -0.39 is 0 Å². The standard InChI is InChI=1S/C9H15NO2S/c1-9(2,3)10-6-5-7(13-10)8(11)12-4/h5H,6H2,1-4H3. The maximum Gasteiger partial charge on any atom is 0.345 e. The predicted octanol–water partition coefficient (Wildman–Crippen LogP) is 1.81. The molecule has 13 heavy (non-hydrogen) atoms. The molecule has 1 aliphatic heterocycles. The summed E-state index contributed by atoms with van der Waals surface area (Å²) in [6.07, 6.45) is 1.90. The zero-order chi connectivity index (χ0) is 10.1. The topological polar surface area (TPSA) is 29.5 Å². The lowest BCUT2D eigenvalue weighted by Crippen LogP contribution is -2.34. The van der Waals surface area contributed by atoms with Crippen LogP contribution in [0.15, 0.2) is 11.0 Å². The third kappa shape index (κ3) is 2.48. The Hall–Kier alpha value is -0.480. The molecule has 74 valence electrons. The van der Waals surface area contributed by atoms with Gasteiger partial charge in [0.1, 0.15) is 4.91 Å². The molecule has 1 aliphatic rings. The van der Waals surface area contributed by atoms with Crippen molar-refractivity contribution in [2.45, 2.75) is 26.3 Å². The lowest BCUT2D eigenvalue weighted by atomic mass is 10.1. The van der Waals surface area contributed by atoms with E-state index in [-0.39, 0.29) is 11.5 Å². The number of carbonyl (C=O) groups is 1. The molecule has 0 unspecified atom stereocenters. The van der Waals surface area contributed by atoms with Crippen molar-refractivity contribution in [1.29, 1.82) is 0 Å². The first-order valence-corrected chi connectivity index (χ1v) is 4.96. The fourth-order valence-electron chi connectivity index (χ4n) is 0.991. The molecule has 1 rings (SSSR count). The van der Waals surface area contributed by atoms with E-state index in [0.29, 0.717) is 4.91 Å². The Bertz CT molecular complexity index is 242. The third-order valence-electron chi connectivity index (χ3n) is 1.79. The molecule has 0 aromatic rings. The first-order valence-electron chi connectivity index (χ1n) is 4.19. The SMILES string of the molecule is COC(=O)C1=CCN(C(C)(C)C)S1. The first kappa shape index (κ1) is 10.6. The average Bonchev–Trinajstić information content (AvgIpc) is 2.50.